The maximum absolute atomic E-state index is 12.9. The number of nitrogens with one attached hydrogen (secondary N) is 1. The molecule has 2 aliphatic rings. The molecule has 7 nitrogen and oxygen atoms in total. The Morgan fingerprint density at radius 1 is 1.33 bits per heavy atom. The van der Waals surface area contributed by atoms with Crippen LogP contribution in [0.5, 0.6) is 0 Å². The van der Waals surface area contributed by atoms with E-state index in [1.54, 1.807) is 13.0 Å². The molecule has 0 bridgehead atoms. The summed E-state index contributed by atoms with van der Waals surface area (Å²) in [5.41, 5.74) is 0.990. The van der Waals surface area contributed by atoms with E-state index in [4.69, 9.17) is 4.52 Å². The van der Waals surface area contributed by atoms with Gasteiger partial charge in [-0.2, -0.15) is 0 Å². The van der Waals surface area contributed by atoms with Crippen molar-refractivity contribution in [1.82, 2.24) is 15.5 Å². The third-order valence-electron chi connectivity index (χ3n) is 5.10. The van der Waals surface area contributed by atoms with E-state index in [9.17, 15) is 14.7 Å². The van der Waals surface area contributed by atoms with Gasteiger partial charge in [-0.1, -0.05) is 18.0 Å². The second kappa shape index (κ2) is 5.29. The van der Waals surface area contributed by atoms with E-state index < -0.39 is 11.5 Å². The number of hydrogen-bond acceptors (Lipinski definition) is 5. The number of nitrogens with zero attached hydrogens (tertiary/aromatic N) is 2. The van der Waals surface area contributed by atoms with Gasteiger partial charge in [0.25, 0.3) is 11.6 Å². The number of fused-ring (bicyclic) bond motifs is 1. The van der Waals surface area contributed by atoms with Crippen LogP contribution in [0.1, 0.15) is 66.2 Å². The van der Waals surface area contributed by atoms with Crippen LogP contribution >= 0.6 is 0 Å². The molecular formula is C17H19N3O4. The molecule has 0 unspecified atom stereocenters. The third-order valence-corrected chi connectivity index (χ3v) is 5.10. The number of aryl methyl sites for hydroxylation is 1. The van der Waals surface area contributed by atoms with Gasteiger partial charge in [-0.15, -0.1) is 0 Å². The predicted octanol–water partition coefficient (Wildman–Crippen LogP) is 2.54. The van der Waals surface area contributed by atoms with Crippen molar-refractivity contribution < 1.29 is 19.2 Å². The zero-order valence-corrected chi connectivity index (χ0v) is 13.5. The molecule has 0 aromatic carbocycles. The average Bonchev–Trinajstić information content (AvgIpc) is 3.19. The maximum Gasteiger partial charge on any atom is 0.329 e. The van der Waals surface area contributed by atoms with Crippen LogP contribution in [-0.4, -0.2) is 32.7 Å². The molecule has 0 saturated heterocycles. The lowest BCUT2D eigenvalue weighted by Crippen LogP contribution is -2.52. The number of rotatable bonds is 4. The molecule has 2 aromatic heterocycles. The van der Waals surface area contributed by atoms with Crippen LogP contribution < -0.4 is 5.32 Å². The molecule has 24 heavy (non-hydrogen) atoms. The van der Waals surface area contributed by atoms with Gasteiger partial charge in [0.1, 0.15) is 5.54 Å². The van der Waals surface area contributed by atoms with Crippen LogP contribution in [0, 0.1) is 6.92 Å². The van der Waals surface area contributed by atoms with Crippen LogP contribution in [0.3, 0.4) is 0 Å². The van der Waals surface area contributed by atoms with Gasteiger partial charge in [0, 0.05) is 11.6 Å². The lowest BCUT2D eigenvalue weighted by Gasteiger charge is -2.25. The van der Waals surface area contributed by atoms with Gasteiger partial charge in [-0.3, -0.25) is 4.79 Å². The SMILES string of the molecule is Cc1noc2nc(C3CC3)cc(C(=O)NC3(C(=O)O)CCCC3)c12. The van der Waals surface area contributed by atoms with Gasteiger partial charge >= 0.3 is 5.97 Å². The predicted molar refractivity (Wildman–Crippen MR) is 84.8 cm³/mol. The highest BCUT2D eigenvalue weighted by Crippen LogP contribution is 2.40. The molecule has 0 aliphatic heterocycles. The minimum Gasteiger partial charge on any atom is -0.480 e. The monoisotopic (exact) mass is 329 g/mol. The molecule has 2 aromatic rings. The number of carbonyl (C=O) groups excluding carboxylic acids is 1. The van der Waals surface area contributed by atoms with Crippen molar-refractivity contribution in [3.63, 3.8) is 0 Å². The lowest BCUT2D eigenvalue weighted by atomic mass is 9.96. The van der Waals surface area contributed by atoms with Gasteiger partial charge in [-0.05, 0) is 38.7 Å². The summed E-state index contributed by atoms with van der Waals surface area (Å²) in [6.45, 7) is 1.75. The van der Waals surface area contributed by atoms with Crippen LogP contribution in [-0.2, 0) is 4.79 Å². The first kappa shape index (κ1) is 15.1. The Morgan fingerprint density at radius 2 is 2.04 bits per heavy atom. The Morgan fingerprint density at radius 3 is 2.67 bits per heavy atom. The van der Waals surface area contributed by atoms with Crippen molar-refractivity contribution >= 4 is 23.0 Å². The minimum atomic E-state index is -1.17. The minimum absolute atomic E-state index is 0.345. The van der Waals surface area contributed by atoms with Gasteiger partial charge < -0.3 is 14.9 Å². The molecule has 2 N–H and O–H groups in total. The van der Waals surface area contributed by atoms with E-state index in [-0.39, 0.29) is 5.91 Å². The standard InChI is InChI=1S/C17H19N3O4/c1-9-13-11(8-12(10-4-5-10)18-15(13)24-20-9)14(21)19-17(16(22)23)6-2-3-7-17/h8,10H,2-7H2,1H3,(H,19,21)(H,22,23). The molecule has 0 radical (unpaired) electrons. The molecular weight excluding hydrogens is 310 g/mol. The molecule has 2 fully saturated rings. The molecule has 2 aliphatic carbocycles. The zero-order chi connectivity index (χ0) is 16.9. The van der Waals surface area contributed by atoms with Crippen molar-refractivity contribution in [1.29, 1.82) is 0 Å². The number of hydrogen-bond donors (Lipinski definition) is 2. The van der Waals surface area contributed by atoms with Crippen molar-refractivity contribution in [2.75, 3.05) is 0 Å². The first-order valence-corrected chi connectivity index (χ1v) is 8.33. The molecule has 0 spiro atoms. The number of carbonyl (C=O) groups is 2. The van der Waals surface area contributed by atoms with Gasteiger partial charge in [0.05, 0.1) is 16.6 Å². The highest BCUT2D eigenvalue weighted by molar-refractivity contribution is 6.07. The molecule has 0 atom stereocenters. The first-order valence-electron chi connectivity index (χ1n) is 8.33. The fraction of sp³-hybridized carbons (Fsp3) is 0.529. The van der Waals surface area contributed by atoms with Gasteiger partial charge in [-0.25, -0.2) is 9.78 Å². The van der Waals surface area contributed by atoms with Crippen molar-refractivity contribution in [3.8, 4) is 0 Å². The summed E-state index contributed by atoms with van der Waals surface area (Å²) >= 11 is 0. The highest BCUT2D eigenvalue weighted by Gasteiger charge is 2.43. The van der Waals surface area contributed by atoms with Crippen LogP contribution in [0.2, 0.25) is 0 Å². The maximum atomic E-state index is 12.9. The Balaban J connectivity index is 1.75. The largest absolute Gasteiger partial charge is 0.480 e. The number of carboxylic acid groups (broad SMARTS) is 1. The number of amides is 1. The summed E-state index contributed by atoms with van der Waals surface area (Å²) in [6.07, 6.45) is 4.62. The summed E-state index contributed by atoms with van der Waals surface area (Å²) < 4.78 is 5.24. The van der Waals surface area contributed by atoms with Crippen molar-refractivity contribution in [2.45, 2.75) is 56.9 Å². The second-order valence-corrected chi connectivity index (χ2v) is 6.87. The Bertz CT molecular complexity index is 832. The molecule has 2 saturated carbocycles. The summed E-state index contributed by atoms with van der Waals surface area (Å²) in [7, 11) is 0. The van der Waals surface area contributed by atoms with Crippen molar-refractivity contribution in [3.05, 3.63) is 23.0 Å². The first-order chi connectivity index (χ1) is 11.5. The Hall–Kier alpha value is -2.44. The van der Waals surface area contributed by atoms with E-state index in [0.717, 1.165) is 31.4 Å². The average molecular weight is 329 g/mol. The summed E-state index contributed by atoms with van der Waals surface area (Å²) in [5, 5.41) is 16.8. The zero-order valence-electron chi connectivity index (χ0n) is 13.5. The van der Waals surface area contributed by atoms with Crippen LogP contribution in [0.15, 0.2) is 10.6 Å². The fourth-order valence-corrected chi connectivity index (χ4v) is 3.54. The quantitative estimate of drug-likeness (QED) is 0.893. The fourth-order valence-electron chi connectivity index (χ4n) is 3.54. The number of aliphatic carboxylic acids is 1. The Labute approximate surface area is 138 Å². The summed E-state index contributed by atoms with van der Waals surface area (Å²) in [5.74, 6) is -1.01. The van der Waals surface area contributed by atoms with E-state index >= 15 is 0 Å². The van der Waals surface area contributed by atoms with Crippen LogP contribution in [0.25, 0.3) is 11.1 Å². The molecule has 1 amide bonds. The number of aromatic nitrogens is 2. The summed E-state index contributed by atoms with van der Waals surface area (Å²) in [6, 6.07) is 1.77. The number of pyridine rings is 1. The van der Waals surface area contributed by atoms with Crippen LogP contribution in [0.4, 0.5) is 0 Å². The normalized spacial score (nSPS) is 19.5. The van der Waals surface area contributed by atoms with Gasteiger partial charge in [0.15, 0.2) is 0 Å². The van der Waals surface area contributed by atoms with E-state index in [1.807, 2.05) is 0 Å². The number of carboxylic acids is 1. The molecule has 2 heterocycles. The summed E-state index contributed by atoms with van der Waals surface area (Å²) in [4.78, 5) is 29.1. The van der Waals surface area contributed by atoms with Crippen molar-refractivity contribution in [2.24, 2.45) is 0 Å². The lowest BCUT2D eigenvalue weighted by molar-refractivity contribution is -0.144. The molecule has 7 heteroatoms. The molecule has 126 valence electrons. The Kier molecular flexibility index (Phi) is 3.33. The van der Waals surface area contributed by atoms with E-state index in [1.165, 1.54) is 0 Å². The van der Waals surface area contributed by atoms with Gasteiger partial charge in [0.2, 0.25) is 0 Å². The highest BCUT2D eigenvalue weighted by atomic mass is 16.5. The second-order valence-electron chi connectivity index (χ2n) is 6.87. The smallest absolute Gasteiger partial charge is 0.329 e. The van der Waals surface area contributed by atoms with E-state index in [2.05, 4.69) is 15.5 Å². The third kappa shape index (κ3) is 2.35. The topological polar surface area (TPSA) is 105 Å². The molecule has 4 rings (SSSR count). The van der Waals surface area contributed by atoms with E-state index in [0.29, 0.717) is 41.1 Å².